The molecule has 0 unspecified atom stereocenters. The summed E-state index contributed by atoms with van der Waals surface area (Å²) >= 11 is 6.10. The Labute approximate surface area is 135 Å². The van der Waals surface area contributed by atoms with Crippen molar-refractivity contribution in [3.8, 4) is 11.1 Å². The molecule has 0 spiro atoms. The Hall–Kier alpha value is -1.51. The zero-order valence-electron chi connectivity index (χ0n) is 12.4. The first kappa shape index (κ1) is 14.1. The van der Waals surface area contributed by atoms with Gasteiger partial charge in [-0.15, -0.1) is 0 Å². The molecule has 114 valence electrons. The van der Waals surface area contributed by atoms with Crippen molar-refractivity contribution in [1.82, 2.24) is 0 Å². The maximum absolute atomic E-state index is 11.4. The summed E-state index contributed by atoms with van der Waals surface area (Å²) in [6.45, 7) is 0. The standard InChI is InChI=1S/C19H20ClNO/c20-16-3-1-2-12(10-16)13-4-9-18(21)17(11-13)19(22,14-5-6-14)15-7-8-15/h1-4,9-11,14-15,22H,5-8,21H2. The van der Waals surface area contributed by atoms with Gasteiger partial charge in [0.2, 0.25) is 0 Å². The van der Waals surface area contributed by atoms with E-state index in [2.05, 4.69) is 6.07 Å². The maximum atomic E-state index is 11.4. The second-order valence-corrected chi connectivity index (χ2v) is 7.12. The van der Waals surface area contributed by atoms with Gasteiger partial charge in [-0.05, 0) is 72.9 Å². The predicted molar refractivity (Wildman–Crippen MR) is 90.6 cm³/mol. The number of hydrogen-bond donors (Lipinski definition) is 2. The maximum Gasteiger partial charge on any atom is 0.0972 e. The lowest BCUT2D eigenvalue weighted by Gasteiger charge is -2.30. The molecule has 0 radical (unpaired) electrons. The van der Waals surface area contributed by atoms with E-state index in [1.54, 1.807) is 0 Å². The van der Waals surface area contributed by atoms with Crippen LogP contribution in [0.4, 0.5) is 5.69 Å². The minimum Gasteiger partial charge on any atom is -0.398 e. The molecule has 2 aromatic rings. The van der Waals surface area contributed by atoms with Crippen molar-refractivity contribution in [3.63, 3.8) is 0 Å². The zero-order chi connectivity index (χ0) is 15.3. The summed E-state index contributed by atoms with van der Waals surface area (Å²) in [5.41, 5.74) is 9.22. The van der Waals surface area contributed by atoms with E-state index in [0.29, 0.717) is 17.5 Å². The van der Waals surface area contributed by atoms with E-state index in [0.717, 1.165) is 47.4 Å². The highest BCUT2D eigenvalue weighted by atomic mass is 35.5. The van der Waals surface area contributed by atoms with Gasteiger partial charge in [-0.25, -0.2) is 0 Å². The van der Waals surface area contributed by atoms with Crippen molar-refractivity contribution in [2.45, 2.75) is 31.3 Å². The van der Waals surface area contributed by atoms with E-state index in [4.69, 9.17) is 17.3 Å². The van der Waals surface area contributed by atoms with E-state index < -0.39 is 5.60 Å². The van der Waals surface area contributed by atoms with Gasteiger partial charge in [0.1, 0.15) is 0 Å². The molecule has 0 aliphatic heterocycles. The Bertz CT molecular complexity index is 707. The molecule has 22 heavy (non-hydrogen) atoms. The van der Waals surface area contributed by atoms with Gasteiger partial charge >= 0.3 is 0 Å². The Morgan fingerprint density at radius 2 is 1.59 bits per heavy atom. The minimum atomic E-state index is -0.737. The number of rotatable bonds is 4. The van der Waals surface area contributed by atoms with Crippen LogP contribution in [0.1, 0.15) is 31.2 Å². The summed E-state index contributed by atoms with van der Waals surface area (Å²) in [6.07, 6.45) is 4.42. The number of hydrogen-bond acceptors (Lipinski definition) is 2. The summed E-state index contributed by atoms with van der Waals surface area (Å²) in [5, 5.41) is 12.1. The van der Waals surface area contributed by atoms with Crippen molar-refractivity contribution in [3.05, 3.63) is 53.1 Å². The smallest absolute Gasteiger partial charge is 0.0972 e. The molecular formula is C19H20ClNO. The fourth-order valence-corrected chi connectivity index (χ4v) is 3.76. The van der Waals surface area contributed by atoms with E-state index in [1.165, 1.54) is 0 Å². The van der Waals surface area contributed by atoms with Crippen molar-refractivity contribution >= 4 is 17.3 Å². The molecule has 2 fully saturated rings. The van der Waals surface area contributed by atoms with Gasteiger partial charge in [-0.2, -0.15) is 0 Å². The average Bonchev–Trinajstić information content (AvgIpc) is 3.40. The normalized spacial score (nSPS) is 18.5. The van der Waals surface area contributed by atoms with Crippen LogP contribution in [0, 0.1) is 11.8 Å². The fraction of sp³-hybridized carbons (Fsp3) is 0.368. The van der Waals surface area contributed by atoms with Crippen molar-refractivity contribution in [1.29, 1.82) is 0 Å². The Kier molecular flexibility index (Phi) is 3.21. The van der Waals surface area contributed by atoms with Gasteiger partial charge in [-0.1, -0.05) is 29.8 Å². The summed E-state index contributed by atoms with van der Waals surface area (Å²) in [6, 6.07) is 13.8. The molecule has 0 saturated heterocycles. The van der Waals surface area contributed by atoms with Crippen LogP contribution >= 0.6 is 11.6 Å². The second-order valence-electron chi connectivity index (χ2n) is 6.69. The van der Waals surface area contributed by atoms with Crippen LogP contribution in [0.25, 0.3) is 11.1 Å². The van der Waals surface area contributed by atoms with Gasteiger partial charge in [0.05, 0.1) is 5.60 Å². The largest absolute Gasteiger partial charge is 0.398 e. The summed E-state index contributed by atoms with van der Waals surface area (Å²) in [7, 11) is 0. The van der Waals surface area contributed by atoms with Crippen LogP contribution < -0.4 is 5.73 Å². The molecule has 3 N–H and O–H groups in total. The van der Waals surface area contributed by atoms with Crippen LogP contribution in [0.3, 0.4) is 0 Å². The van der Waals surface area contributed by atoms with Crippen molar-refractivity contribution in [2.24, 2.45) is 11.8 Å². The predicted octanol–water partition coefficient (Wildman–Crippen LogP) is 4.60. The summed E-state index contributed by atoms with van der Waals surface area (Å²) in [5.74, 6) is 0.744. The topological polar surface area (TPSA) is 46.2 Å². The molecule has 4 rings (SSSR count). The monoisotopic (exact) mass is 313 g/mol. The number of halogens is 1. The molecule has 2 saturated carbocycles. The molecule has 2 aliphatic rings. The van der Waals surface area contributed by atoms with E-state index in [1.807, 2.05) is 36.4 Å². The Balaban J connectivity index is 1.81. The number of benzene rings is 2. The van der Waals surface area contributed by atoms with Crippen molar-refractivity contribution in [2.75, 3.05) is 5.73 Å². The summed E-state index contributed by atoms with van der Waals surface area (Å²) in [4.78, 5) is 0. The lowest BCUT2D eigenvalue weighted by molar-refractivity contribution is -0.00943. The Morgan fingerprint density at radius 3 is 2.18 bits per heavy atom. The molecule has 2 nitrogen and oxygen atoms in total. The molecule has 0 bridgehead atoms. The highest BCUT2D eigenvalue weighted by Gasteiger charge is 2.54. The van der Waals surface area contributed by atoms with Crippen LogP contribution in [0.15, 0.2) is 42.5 Å². The number of nitrogen functional groups attached to an aromatic ring is 1. The van der Waals surface area contributed by atoms with Crippen LogP contribution in [-0.2, 0) is 5.60 Å². The minimum absolute atomic E-state index is 0.372. The summed E-state index contributed by atoms with van der Waals surface area (Å²) < 4.78 is 0. The molecule has 2 aliphatic carbocycles. The third kappa shape index (κ3) is 2.31. The lowest BCUT2D eigenvalue weighted by Crippen LogP contribution is -2.32. The van der Waals surface area contributed by atoms with Crippen LogP contribution in [-0.4, -0.2) is 5.11 Å². The van der Waals surface area contributed by atoms with Crippen LogP contribution in [0.5, 0.6) is 0 Å². The molecule has 2 aromatic carbocycles. The average molecular weight is 314 g/mol. The SMILES string of the molecule is Nc1ccc(-c2cccc(Cl)c2)cc1C(O)(C1CC1)C1CC1. The van der Waals surface area contributed by atoms with E-state index >= 15 is 0 Å². The molecule has 0 heterocycles. The first-order valence-corrected chi connectivity index (χ1v) is 8.35. The number of anilines is 1. The molecule has 0 amide bonds. The van der Waals surface area contributed by atoms with Gasteiger partial charge in [0.15, 0.2) is 0 Å². The van der Waals surface area contributed by atoms with Crippen molar-refractivity contribution < 1.29 is 5.11 Å². The highest BCUT2D eigenvalue weighted by Crippen LogP contribution is 2.58. The fourth-order valence-electron chi connectivity index (χ4n) is 3.57. The third-order valence-corrected chi connectivity index (χ3v) is 5.28. The third-order valence-electron chi connectivity index (χ3n) is 5.04. The zero-order valence-corrected chi connectivity index (χ0v) is 13.2. The van der Waals surface area contributed by atoms with Gasteiger partial charge in [0.25, 0.3) is 0 Å². The van der Waals surface area contributed by atoms with Gasteiger partial charge in [-0.3, -0.25) is 0 Å². The first-order valence-electron chi connectivity index (χ1n) is 7.97. The molecule has 0 aromatic heterocycles. The number of aliphatic hydroxyl groups is 1. The van der Waals surface area contributed by atoms with Crippen LogP contribution in [0.2, 0.25) is 5.02 Å². The van der Waals surface area contributed by atoms with E-state index in [9.17, 15) is 5.11 Å². The highest BCUT2D eigenvalue weighted by molar-refractivity contribution is 6.30. The molecular weight excluding hydrogens is 294 g/mol. The number of nitrogens with two attached hydrogens (primary N) is 1. The second kappa shape index (κ2) is 5.00. The lowest BCUT2D eigenvalue weighted by atomic mass is 9.82. The van der Waals surface area contributed by atoms with Gasteiger partial charge < -0.3 is 10.8 Å². The molecule has 0 atom stereocenters. The molecule has 3 heteroatoms. The quantitative estimate of drug-likeness (QED) is 0.810. The van der Waals surface area contributed by atoms with E-state index in [-0.39, 0.29) is 0 Å². The van der Waals surface area contributed by atoms with Gasteiger partial charge in [0, 0.05) is 16.3 Å². The Morgan fingerprint density at radius 1 is 0.955 bits per heavy atom. The first-order chi connectivity index (χ1) is 10.6.